The van der Waals surface area contributed by atoms with Gasteiger partial charge in [0.05, 0.1) is 43.7 Å². The highest BCUT2D eigenvalue weighted by atomic mass is 32.1. The van der Waals surface area contributed by atoms with Gasteiger partial charge in [0.25, 0.3) is 0 Å². The third-order valence-electron chi connectivity index (χ3n) is 10.7. The van der Waals surface area contributed by atoms with Gasteiger partial charge in [-0.15, -0.1) is 11.3 Å². The summed E-state index contributed by atoms with van der Waals surface area (Å²) in [5.41, 5.74) is 13.9. The number of thiophene rings is 1. The summed E-state index contributed by atoms with van der Waals surface area (Å²) < 4.78 is 7.10. The number of hydrogen-bond donors (Lipinski definition) is 0. The van der Waals surface area contributed by atoms with Crippen LogP contribution in [0.3, 0.4) is 0 Å². The van der Waals surface area contributed by atoms with Gasteiger partial charge in [-0.3, -0.25) is 4.57 Å². The van der Waals surface area contributed by atoms with Crippen molar-refractivity contribution in [3.63, 3.8) is 0 Å². The minimum atomic E-state index is 0.681. The van der Waals surface area contributed by atoms with Crippen molar-refractivity contribution in [3.8, 4) is 45.1 Å². The zero-order valence-electron chi connectivity index (χ0n) is 27.2. The summed E-state index contributed by atoms with van der Waals surface area (Å²) in [6.45, 7) is 0. The van der Waals surface area contributed by atoms with Crippen LogP contribution in [0.1, 0.15) is 0 Å². The molecular formula is C46H26N4S. The van der Waals surface area contributed by atoms with E-state index < -0.39 is 0 Å². The van der Waals surface area contributed by atoms with Crippen molar-refractivity contribution in [2.45, 2.75) is 0 Å². The Balaban J connectivity index is 1.24. The number of aromatic nitrogens is 4. The number of hydrogen-bond acceptors (Lipinski definition) is 3. The number of rotatable bonds is 2. The zero-order chi connectivity index (χ0) is 33.2. The second-order valence-electron chi connectivity index (χ2n) is 13.4. The van der Waals surface area contributed by atoms with Crippen LogP contribution < -0.4 is 0 Å². The molecule has 0 radical (unpaired) electrons. The van der Waals surface area contributed by atoms with Crippen LogP contribution in [0, 0.1) is 0 Å². The third-order valence-corrected chi connectivity index (χ3v) is 11.9. The fourth-order valence-electron chi connectivity index (χ4n) is 8.53. The van der Waals surface area contributed by atoms with E-state index in [4.69, 9.17) is 9.97 Å². The fourth-order valence-corrected chi connectivity index (χ4v) is 9.68. The summed E-state index contributed by atoms with van der Waals surface area (Å²) in [5, 5.41) is 5.96. The van der Waals surface area contributed by atoms with Crippen LogP contribution in [-0.2, 0) is 0 Å². The summed E-state index contributed by atoms with van der Waals surface area (Å²) in [4.78, 5) is 10.8. The lowest BCUT2D eigenvalue weighted by Crippen LogP contribution is -2.02. The van der Waals surface area contributed by atoms with Gasteiger partial charge in [-0.25, -0.2) is 9.97 Å². The van der Waals surface area contributed by atoms with Crippen molar-refractivity contribution in [1.29, 1.82) is 0 Å². The maximum absolute atomic E-state index is 5.42. The second-order valence-corrected chi connectivity index (χ2v) is 14.4. The molecule has 0 atom stereocenters. The first-order valence-electron chi connectivity index (χ1n) is 17.3. The van der Waals surface area contributed by atoms with Crippen LogP contribution in [0.15, 0.2) is 158 Å². The normalized spacial score (nSPS) is 12.3. The smallest absolute Gasteiger partial charge is 0.235 e. The van der Waals surface area contributed by atoms with Gasteiger partial charge in [0.1, 0.15) is 0 Å². The van der Waals surface area contributed by atoms with E-state index in [0.29, 0.717) is 5.95 Å². The number of fused-ring (bicyclic) bond motifs is 14. The molecule has 12 rings (SSSR count). The Kier molecular flexibility index (Phi) is 5.35. The van der Waals surface area contributed by atoms with Crippen LogP contribution in [0.25, 0.3) is 109 Å². The topological polar surface area (TPSA) is 35.6 Å². The summed E-state index contributed by atoms with van der Waals surface area (Å²) in [6, 6.07) is 57.0. The summed E-state index contributed by atoms with van der Waals surface area (Å²) in [7, 11) is 0. The molecule has 0 amide bonds. The van der Waals surface area contributed by atoms with E-state index in [2.05, 4.69) is 167 Å². The predicted octanol–water partition coefficient (Wildman–Crippen LogP) is 12.4. The Hall–Kier alpha value is -6.56. The average Bonchev–Trinajstić information content (AvgIpc) is 3.81. The fraction of sp³-hybridized carbons (Fsp3) is 0. The molecule has 1 aliphatic heterocycles. The quantitative estimate of drug-likeness (QED) is 0.184. The first kappa shape index (κ1) is 27.3. The Bertz CT molecular complexity index is 3250. The molecule has 51 heavy (non-hydrogen) atoms. The van der Waals surface area contributed by atoms with Crippen LogP contribution in [-0.4, -0.2) is 19.1 Å². The SMILES string of the molecule is c1ccc(-c2nc(-n3c4ccccc4c4cc5c(cc43)c3cccc4c3n5-c3ccccc3-c3ccccc3-4)nc3c2sc2ccccc23)cc1. The highest BCUT2D eigenvalue weighted by Crippen LogP contribution is 2.48. The first-order valence-corrected chi connectivity index (χ1v) is 18.1. The minimum Gasteiger partial charge on any atom is -0.308 e. The van der Waals surface area contributed by atoms with Gasteiger partial charge in [-0.1, -0.05) is 127 Å². The van der Waals surface area contributed by atoms with Gasteiger partial charge in [0, 0.05) is 48.3 Å². The van der Waals surface area contributed by atoms with Gasteiger partial charge >= 0.3 is 0 Å². The maximum Gasteiger partial charge on any atom is 0.235 e. The lowest BCUT2D eigenvalue weighted by atomic mass is 9.94. The molecule has 0 N–H and O–H groups in total. The highest BCUT2D eigenvalue weighted by Gasteiger charge is 2.26. The summed E-state index contributed by atoms with van der Waals surface area (Å²) in [6.07, 6.45) is 0. The van der Waals surface area contributed by atoms with E-state index in [-0.39, 0.29) is 0 Å². The van der Waals surface area contributed by atoms with E-state index >= 15 is 0 Å². The molecule has 11 aromatic rings. The molecule has 0 saturated heterocycles. The third kappa shape index (κ3) is 3.63. The van der Waals surface area contributed by atoms with Crippen molar-refractivity contribution >= 4 is 75.3 Å². The molecule has 1 aliphatic rings. The van der Waals surface area contributed by atoms with Crippen LogP contribution in [0.5, 0.6) is 0 Å². The van der Waals surface area contributed by atoms with E-state index in [0.717, 1.165) is 37.9 Å². The van der Waals surface area contributed by atoms with Crippen molar-refractivity contribution in [2.75, 3.05) is 0 Å². The number of para-hydroxylation sites is 3. The molecule has 4 aromatic heterocycles. The van der Waals surface area contributed by atoms with E-state index in [1.807, 2.05) is 0 Å². The average molecular weight is 667 g/mol. The van der Waals surface area contributed by atoms with Crippen LogP contribution in [0.2, 0.25) is 0 Å². The standard InChI is InChI=1S/C46H26N4S/c1-2-13-27(14-3-1)42-45-43(34-19-8-11-24-41(34)51-45)48-46(47-42)50-38-23-10-7-18-31(38)35-25-39-36(26-40(35)50)33-21-12-20-32-29-16-5-4-15-28(29)30-17-6-9-22-37(30)49(39)44(32)33/h1-26H. The summed E-state index contributed by atoms with van der Waals surface area (Å²) in [5.74, 6) is 0.681. The molecule has 4 nitrogen and oxygen atoms in total. The molecule has 0 bridgehead atoms. The molecular weight excluding hydrogens is 641 g/mol. The molecule has 0 spiro atoms. The van der Waals surface area contributed by atoms with Crippen molar-refractivity contribution in [3.05, 3.63) is 158 Å². The maximum atomic E-state index is 5.42. The molecule has 0 unspecified atom stereocenters. The molecule has 0 fully saturated rings. The van der Waals surface area contributed by atoms with E-state index in [1.165, 1.54) is 65.2 Å². The molecule has 5 heterocycles. The van der Waals surface area contributed by atoms with Gasteiger partial charge in [-0.2, -0.15) is 0 Å². The minimum absolute atomic E-state index is 0.681. The van der Waals surface area contributed by atoms with Gasteiger partial charge < -0.3 is 4.57 Å². The Labute approximate surface area is 296 Å². The number of benzene rings is 7. The molecule has 7 aromatic carbocycles. The molecule has 236 valence electrons. The van der Waals surface area contributed by atoms with Crippen molar-refractivity contribution in [1.82, 2.24) is 19.1 Å². The Morgan fingerprint density at radius 3 is 1.92 bits per heavy atom. The molecule has 0 saturated carbocycles. The predicted molar refractivity (Wildman–Crippen MR) is 213 cm³/mol. The lowest BCUT2D eigenvalue weighted by Gasteiger charge is -2.12. The summed E-state index contributed by atoms with van der Waals surface area (Å²) >= 11 is 1.77. The Morgan fingerprint density at radius 2 is 1.06 bits per heavy atom. The molecule has 0 aliphatic carbocycles. The Morgan fingerprint density at radius 1 is 0.431 bits per heavy atom. The largest absolute Gasteiger partial charge is 0.308 e. The lowest BCUT2D eigenvalue weighted by molar-refractivity contribution is 1.02. The monoisotopic (exact) mass is 666 g/mol. The number of nitrogens with zero attached hydrogens (tertiary/aromatic N) is 4. The second kappa shape index (κ2) is 10.0. The van der Waals surface area contributed by atoms with Crippen molar-refractivity contribution in [2.24, 2.45) is 0 Å². The van der Waals surface area contributed by atoms with Gasteiger partial charge in [-0.05, 0) is 41.5 Å². The zero-order valence-corrected chi connectivity index (χ0v) is 28.0. The van der Waals surface area contributed by atoms with Crippen LogP contribution >= 0.6 is 11.3 Å². The van der Waals surface area contributed by atoms with Gasteiger partial charge in [0.2, 0.25) is 5.95 Å². The van der Waals surface area contributed by atoms with Crippen LogP contribution in [0.4, 0.5) is 0 Å². The van der Waals surface area contributed by atoms with E-state index in [9.17, 15) is 0 Å². The van der Waals surface area contributed by atoms with Gasteiger partial charge in [0.15, 0.2) is 0 Å². The molecule has 5 heteroatoms. The van der Waals surface area contributed by atoms with E-state index in [1.54, 1.807) is 11.3 Å². The highest BCUT2D eigenvalue weighted by molar-refractivity contribution is 7.26. The van der Waals surface area contributed by atoms with Crippen molar-refractivity contribution < 1.29 is 0 Å². The first-order chi connectivity index (χ1) is 25.3.